The molecule has 0 aromatic heterocycles. The van der Waals surface area contributed by atoms with Crippen LogP contribution in [0.15, 0.2) is 28.7 Å². The van der Waals surface area contributed by atoms with Crippen LogP contribution < -0.4 is 5.32 Å². The van der Waals surface area contributed by atoms with Crippen molar-refractivity contribution in [3.63, 3.8) is 0 Å². The maximum atomic E-state index is 11.8. The molecule has 0 saturated heterocycles. The quantitative estimate of drug-likeness (QED) is 0.890. The number of carbonyl (C=O) groups is 1. The first kappa shape index (κ1) is 16.2. The lowest BCUT2D eigenvalue weighted by atomic mass is 9.91. The molecule has 3 nitrogen and oxygen atoms in total. The zero-order chi connectivity index (χ0) is 14.6. The van der Waals surface area contributed by atoms with Crippen LogP contribution in [-0.4, -0.2) is 17.1 Å². The second kappa shape index (κ2) is 6.53. The Labute approximate surface area is 123 Å². The number of nitrogens with one attached hydrogen (secondary N) is 1. The Bertz CT molecular complexity index is 423. The van der Waals surface area contributed by atoms with E-state index in [9.17, 15) is 9.90 Å². The molecule has 19 heavy (non-hydrogen) atoms. The van der Waals surface area contributed by atoms with Crippen LogP contribution in [0, 0.1) is 5.41 Å². The van der Waals surface area contributed by atoms with Gasteiger partial charge in [0.15, 0.2) is 0 Å². The van der Waals surface area contributed by atoms with Gasteiger partial charge in [0.2, 0.25) is 5.91 Å². The number of rotatable bonds is 4. The molecular formula is C15H22BrNO2. The number of carbonyl (C=O) groups excluding carboxylic acids is 1. The standard InChI is InChI=1S/C15H22BrNO2/c1-10(17-13(18)9-15(2,3)4)14(19)11-5-7-12(16)8-6-11/h5-8,10,14,19H,9H2,1-4H3,(H,17,18). The average Bonchev–Trinajstić information content (AvgIpc) is 2.26. The van der Waals surface area contributed by atoms with E-state index in [2.05, 4.69) is 21.2 Å². The lowest BCUT2D eigenvalue weighted by Crippen LogP contribution is -2.38. The van der Waals surface area contributed by atoms with E-state index < -0.39 is 6.10 Å². The normalized spacial score (nSPS) is 14.8. The Hall–Kier alpha value is -0.870. The molecule has 4 heteroatoms. The summed E-state index contributed by atoms with van der Waals surface area (Å²) in [6.07, 6.45) is -0.248. The first-order valence-corrected chi connectivity index (χ1v) is 7.21. The molecule has 0 saturated carbocycles. The minimum absolute atomic E-state index is 0.0313. The summed E-state index contributed by atoms with van der Waals surface area (Å²) in [6.45, 7) is 7.86. The molecule has 0 fully saturated rings. The number of aliphatic hydroxyl groups excluding tert-OH is 1. The van der Waals surface area contributed by atoms with Crippen molar-refractivity contribution in [2.45, 2.75) is 46.3 Å². The summed E-state index contributed by atoms with van der Waals surface area (Å²) in [5.41, 5.74) is 0.749. The molecular weight excluding hydrogens is 306 g/mol. The molecule has 2 atom stereocenters. The summed E-state index contributed by atoms with van der Waals surface area (Å²) in [7, 11) is 0. The molecule has 0 bridgehead atoms. The van der Waals surface area contributed by atoms with Crippen molar-refractivity contribution >= 4 is 21.8 Å². The lowest BCUT2D eigenvalue weighted by molar-refractivity contribution is -0.124. The molecule has 0 spiro atoms. The molecule has 2 N–H and O–H groups in total. The molecule has 0 heterocycles. The van der Waals surface area contributed by atoms with Gasteiger partial charge < -0.3 is 10.4 Å². The number of aliphatic hydroxyl groups is 1. The fourth-order valence-corrected chi connectivity index (χ4v) is 2.08. The topological polar surface area (TPSA) is 49.3 Å². The van der Waals surface area contributed by atoms with Crippen LogP contribution in [0.2, 0.25) is 0 Å². The van der Waals surface area contributed by atoms with E-state index in [0.29, 0.717) is 6.42 Å². The van der Waals surface area contributed by atoms with Gasteiger partial charge in [-0.15, -0.1) is 0 Å². The molecule has 0 aliphatic carbocycles. The van der Waals surface area contributed by atoms with Crippen LogP contribution in [-0.2, 0) is 4.79 Å². The minimum atomic E-state index is -0.697. The second-order valence-corrected chi connectivity index (χ2v) is 7.01. The van der Waals surface area contributed by atoms with E-state index in [1.54, 1.807) is 0 Å². The van der Waals surface area contributed by atoms with Crippen LogP contribution >= 0.6 is 15.9 Å². The van der Waals surface area contributed by atoms with Crippen LogP contribution in [0.3, 0.4) is 0 Å². The van der Waals surface area contributed by atoms with Gasteiger partial charge in [-0.2, -0.15) is 0 Å². The lowest BCUT2D eigenvalue weighted by Gasteiger charge is -2.23. The van der Waals surface area contributed by atoms with Gasteiger partial charge >= 0.3 is 0 Å². The zero-order valence-electron chi connectivity index (χ0n) is 11.9. The monoisotopic (exact) mass is 327 g/mol. The summed E-state index contributed by atoms with van der Waals surface area (Å²) in [5.74, 6) is -0.0313. The molecule has 0 radical (unpaired) electrons. The summed E-state index contributed by atoms with van der Waals surface area (Å²) in [6, 6.07) is 7.14. The highest BCUT2D eigenvalue weighted by Crippen LogP contribution is 2.21. The number of hydrogen-bond acceptors (Lipinski definition) is 2. The van der Waals surface area contributed by atoms with Gasteiger partial charge in [0.1, 0.15) is 0 Å². The minimum Gasteiger partial charge on any atom is -0.386 e. The van der Waals surface area contributed by atoms with Crippen LogP contribution in [0.5, 0.6) is 0 Å². The van der Waals surface area contributed by atoms with E-state index in [4.69, 9.17) is 0 Å². The maximum absolute atomic E-state index is 11.8. The van der Waals surface area contributed by atoms with E-state index >= 15 is 0 Å². The van der Waals surface area contributed by atoms with Crippen molar-refractivity contribution in [3.05, 3.63) is 34.3 Å². The third kappa shape index (κ3) is 5.74. The summed E-state index contributed by atoms with van der Waals surface area (Å²) < 4.78 is 0.966. The van der Waals surface area contributed by atoms with Gasteiger partial charge in [-0.3, -0.25) is 4.79 Å². The second-order valence-electron chi connectivity index (χ2n) is 6.09. The smallest absolute Gasteiger partial charge is 0.220 e. The van der Waals surface area contributed by atoms with E-state index in [1.165, 1.54) is 0 Å². The van der Waals surface area contributed by atoms with E-state index in [-0.39, 0.29) is 17.4 Å². The highest BCUT2D eigenvalue weighted by molar-refractivity contribution is 9.10. The average molecular weight is 328 g/mol. The number of hydrogen-bond donors (Lipinski definition) is 2. The Kier molecular flexibility index (Phi) is 5.56. The zero-order valence-corrected chi connectivity index (χ0v) is 13.5. The number of halogens is 1. The molecule has 1 aromatic rings. The number of amides is 1. The molecule has 1 rings (SSSR count). The first-order chi connectivity index (χ1) is 8.69. The highest BCUT2D eigenvalue weighted by Gasteiger charge is 2.21. The predicted molar refractivity (Wildman–Crippen MR) is 80.8 cm³/mol. The number of benzene rings is 1. The Morgan fingerprint density at radius 1 is 1.32 bits per heavy atom. The summed E-state index contributed by atoms with van der Waals surface area (Å²) >= 11 is 3.35. The van der Waals surface area contributed by atoms with Gasteiger partial charge in [-0.05, 0) is 30.0 Å². The Morgan fingerprint density at radius 2 is 1.84 bits per heavy atom. The SMILES string of the molecule is CC(NC(=O)CC(C)(C)C)C(O)c1ccc(Br)cc1. The molecule has 1 aromatic carbocycles. The highest BCUT2D eigenvalue weighted by atomic mass is 79.9. The predicted octanol–water partition coefficient (Wildman–Crippen LogP) is 3.42. The molecule has 1 amide bonds. The summed E-state index contributed by atoms with van der Waals surface area (Å²) in [4.78, 5) is 11.8. The largest absolute Gasteiger partial charge is 0.386 e. The van der Waals surface area contributed by atoms with Crippen molar-refractivity contribution in [1.82, 2.24) is 5.32 Å². The third-order valence-corrected chi connectivity index (χ3v) is 3.29. The van der Waals surface area contributed by atoms with Crippen molar-refractivity contribution in [2.75, 3.05) is 0 Å². The van der Waals surface area contributed by atoms with Gasteiger partial charge in [0.25, 0.3) is 0 Å². The fraction of sp³-hybridized carbons (Fsp3) is 0.533. The van der Waals surface area contributed by atoms with Crippen LogP contribution in [0.25, 0.3) is 0 Å². The van der Waals surface area contributed by atoms with Crippen molar-refractivity contribution < 1.29 is 9.90 Å². The fourth-order valence-electron chi connectivity index (χ4n) is 1.81. The third-order valence-electron chi connectivity index (χ3n) is 2.76. The maximum Gasteiger partial charge on any atom is 0.220 e. The summed E-state index contributed by atoms with van der Waals surface area (Å²) in [5, 5.41) is 13.0. The van der Waals surface area contributed by atoms with Gasteiger partial charge in [0, 0.05) is 10.9 Å². The Balaban J connectivity index is 2.60. The van der Waals surface area contributed by atoms with Crippen molar-refractivity contribution in [1.29, 1.82) is 0 Å². The van der Waals surface area contributed by atoms with Crippen molar-refractivity contribution in [2.24, 2.45) is 5.41 Å². The molecule has 106 valence electrons. The van der Waals surface area contributed by atoms with Crippen molar-refractivity contribution in [3.8, 4) is 0 Å². The van der Waals surface area contributed by atoms with Gasteiger partial charge in [-0.25, -0.2) is 0 Å². The molecule has 0 aliphatic heterocycles. The first-order valence-electron chi connectivity index (χ1n) is 6.42. The van der Waals surface area contributed by atoms with E-state index in [0.717, 1.165) is 10.0 Å². The van der Waals surface area contributed by atoms with Crippen LogP contribution in [0.4, 0.5) is 0 Å². The molecule has 2 unspecified atom stereocenters. The molecule has 0 aliphatic rings. The van der Waals surface area contributed by atoms with Gasteiger partial charge in [0.05, 0.1) is 12.1 Å². The van der Waals surface area contributed by atoms with E-state index in [1.807, 2.05) is 52.0 Å². The van der Waals surface area contributed by atoms with Crippen LogP contribution in [0.1, 0.15) is 45.8 Å². The van der Waals surface area contributed by atoms with Gasteiger partial charge in [-0.1, -0.05) is 48.8 Å². The Morgan fingerprint density at radius 3 is 2.32 bits per heavy atom.